The summed E-state index contributed by atoms with van der Waals surface area (Å²) in [6.45, 7) is 2.81. The van der Waals surface area contributed by atoms with Gasteiger partial charge in [-0.25, -0.2) is 0 Å². The van der Waals surface area contributed by atoms with E-state index in [0.717, 1.165) is 18.4 Å². The Labute approximate surface area is 182 Å². The van der Waals surface area contributed by atoms with Crippen LogP contribution in [0.3, 0.4) is 0 Å². The van der Waals surface area contributed by atoms with Crippen molar-refractivity contribution < 1.29 is 23.6 Å². The second kappa shape index (κ2) is 7.95. The molecule has 2 aliphatic heterocycles. The summed E-state index contributed by atoms with van der Waals surface area (Å²) in [4.78, 5) is 25.5. The number of nitro groups is 1. The Morgan fingerprint density at radius 3 is 2.84 bits per heavy atom. The molecule has 0 bridgehead atoms. The topological polar surface area (TPSA) is 121 Å². The number of aryl methyl sites for hydroxylation is 1. The van der Waals surface area contributed by atoms with E-state index in [1.165, 1.54) is 6.07 Å². The molecule has 0 saturated carbocycles. The van der Waals surface area contributed by atoms with E-state index in [2.05, 4.69) is 10.2 Å². The van der Waals surface area contributed by atoms with Crippen molar-refractivity contribution in [3.05, 3.63) is 63.5 Å². The van der Waals surface area contributed by atoms with Gasteiger partial charge in [-0.1, -0.05) is 6.07 Å². The number of rotatable bonds is 4. The van der Waals surface area contributed by atoms with Gasteiger partial charge in [-0.15, -0.1) is 10.2 Å². The standard InChI is InChI=1S/C22H20N4O6/c1-13-4-5-15(9-17(13)26(28)29)22(27)25-8-2-3-16(11-25)21-24-23-20(32-21)14-6-7-18-19(10-14)31-12-30-18/h4-7,9-10,16H,2-3,8,11-12H2,1H3. The fourth-order valence-corrected chi connectivity index (χ4v) is 4.03. The first-order valence-corrected chi connectivity index (χ1v) is 10.3. The molecular weight excluding hydrogens is 416 g/mol. The maximum absolute atomic E-state index is 13.0. The molecule has 164 valence electrons. The third kappa shape index (κ3) is 3.64. The second-order valence-electron chi connectivity index (χ2n) is 7.86. The lowest BCUT2D eigenvalue weighted by molar-refractivity contribution is -0.385. The number of amides is 1. The van der Waals surface area contributed by atoms with Gasteiger partial charge in [0, 0.05) is 35.8 Å². The lowest BCUT2D eigenvalue weighted by Crippen LogP contribution is -2.39. The number of fused-ring (bicyclic) bond motifs is 1. The molecule has 0 spiro atoms. The highest BCUT2D eigenvalue weighted by atomic mass is 16.7. The van der Waals surface area contributed by atoms with Gasteiger partial charge < -0.3 is 18.8 Å². The van der Waals surface area contributed by atoms with Crippen molar-refractivity contribution in [2.24, 2.45) is 0 Å². The number of hydrogen-bond donors (Lipinski definition) is 0. The van der Waals surface area contributed by atoms with Crippen LogP contribution in [0, 0.1) is 17.0 Å². The van der Waals surface area contributed by atoms with E-state index >= 15 is 0 Å². The van der Waals surface area contributed by atoms with Crippen LogP contribution in [0.15, 0.2) is 40.8 Å². The van der Waals surface area contributed by atoms with Gasteiger partial charge in [0.2, 0.25) is 18.6 Å². The van der Waals surface area contributed by atoms with Gasteiger partial charge in [0.05, 0.1) is 10.8 Å². The largest absolute Gasteiger partial charge is 0.454 e. The zero-order valence-corrected chi connectivity index (χ0v) is 17.3. The number of nitrogens with zero attached hydrogens (tertiary/aromatic N) is 4. The van der Waals surface area contributed by atoms with E-state index in [1.54, 1.807) is 36.1 Å². The van der Waals surface area contributed by atoms with Crippen LogP contribution >= 0.6 is 0 Å². The van der Waals surface area contributed by atoms with Crippen molar-refractivity contribution in [3.8, 4) is 23.0 Å². The van der Waals surface area contributed by atoms with Gasteiger partial charge in [0.1, 0.15) is 0 Å². The summed E-state index contributed by atoms with van der Waals surface area (Å²) in [5.74, 6) is 1.79. The number of likely N-dealkylation sites (tertiary alicyclic amines) is 1. The Bertz CT molecular complexity index is 1210. The Kier molecular flexibility index (Phi) is 4.96. The van der Waals surface area contributed by atoms with E-state index in [9.17, 15) is 14.9 Å². The minimum absolute atomic E-state index is 0.0605. The van der Waals surface area contributed by atoms with Crippen molar-refractivity contribution in [1.29, 1.82) is 0 Å². The zero-order chi connectivity index (χ0) is 22.2. The first kappa shape index (κ1) is 20.0. The highest BCUT2D eigenvalue weighted by Crippen LogP contribution is 2.36. The molecule has 2 aliphatic rings. The minimum atomic E-state index is -0.471. The monoisotopic (exact) mass is 436 g/mol. The molecule has 3 aromatic rings. The summed E-state index contributed by atoms with van der Waals surface area (Å²) in [6.07, 6.45) is 1.58. The van der Waals surface area contributed by atoms with Crippen LogP contribution in [0.5, 0.6) is 11.5 Å². The Balaban J connectivity index is 1.33. The number of aromatic nitrogens is 2. The molecule has 5 rings (SSSR count). The van der Waals surface area contributed by atoms with E-state index < -0.39 is 4.92 Å². The van der Waals surface area contributed by atoms with Gasteiger partial charge >= 0.3 is 0 Å². The molecular formula is C22H20N4O6. The van der Waals surface area contributed by atoms with E-state index in [-0.39, 0.29) is 24.3 Å². The quantitative estimate of drug-likeness (QED) is 0.448. The van der Waals surface area contributed by atoms with Crippen molar-refractivity contribution in [2.75, 3.05) is 19.9 Å². The second-order valence-corrected chi connectivity index (χ2v) is 7.86. The number of nitro benzene ring substituents is 1. The van der Waals surface area contributed by atoms with Gasteiger partial charge in [-0.05, 0) is 44.0 Å². The third-order valence-corrected chi connectivity index (χ3v) is 5.77. The fraction of sp³-hybridized carbons (Fsp3) is 0.318. The van der Waals surface area contributed by atoms with Crippen LogP contribution in [0.1, 0.15) is 40.6 Å². The zero-order valence-electron chi connectivity index (χ0n) is 17.3. The number of carbonyl (C=O) groups is 1. The van der Waals surface area contributed by atoms with Gasteiger partial charge in [-0.2, -0.15) is 0 Å². The molecule has 1 atom stereocenters. The maximum atomic E-state index is 13.0. The molecule has 0 radical (unpaired) electrons. The van der Waals surface area contributed by atoms with Gasteiger partial charge in [0.25, 0.3) is 11.6 Å². The molecule has 1 fully saturated rings. The third-order valence-electron chi connectivity index (χ3n) is 5.77. The Morgan fingerprint density at radius 1 is 1.16 bits per heavy atom. The van der Waals surface area contributed by atoms with Crippen LogP contribution in [-0.4, -0.2) is 45.8 Å². The normalized spacial score (nSPS) is 17.4. The summed E-state index contributed by atoms with van der Waals surface area (Å²) < 4.78 is 16.6. The molecule has 0 N–H and O–H groups in total. The Morgan fingerprint density at radius 2 is 2.00 bits per heavy atom. The SMILES string of the molecule is Cc1ccc(C(=O)N2CCCC(c3nnc(-c4ccc5c(c4)OCO5)o3)C2)cc1[N+](=O)[O-]. The first-order valence-electron chi connectivity index (χ1n) is 10.3. The van der Waals surface area contributed by atoms with Crippen molar-refractivity contribution in [2.45, 2.75) is 25.7 Å². The van der Waals surface area contributed by atoms with E-state index in [0.29, 0.717) is 47.5 Å². The van der Waals surface area contributed by atoms with Crippen molar-refractivity contribution in [1.82, 2.24) is 15.1 Å². The van der Waals surface area contributed by atoms with Gasteiger partial charge in [0.15, 0.2) is 11.5 Å². The molecule has 1 aromatic heterocycles. The Hall–Kier alpha value is -3.95. The molecule has 1 amide bonds. The molecule has 1 saturated heterocycles. The van der Waals surface area contributed by atoms with E-state index in [1.807, 2.05) is 6.07 Å². The number of hydrogen-bond acceptors (Lipinski definition) is 8. The average Bonchev–Trinajstić information content (AvgIpc) is 3.48. The van der Waals surface area contributed by atoms with E-state index in [4.69, 9.17) is 13.9 Å². The van der Waals surface area contributed by atoms with Crippen molar-refractivity contribution >= 4 is 11.6 Å². The first-order chi connectivity index (χ1) is 15.5. The predicted molar refractivity (Wildman–Crippen MR) is 112 cm³/mol. The van der Waals surface area contributed by atoms with Gasteiger partial charge in [-0.3, -0.25) is 14.9 Å². The molecule has 2 aromatic carbocycles. The minimum Gasteiger partial charge on any atom is -0.454 e. The van der Waals surface area contributed by atoms with Crippen molar-refractivity contribution in [3.63, 3.8) is 0 Å². The van der Waals surface area contributed by atoms with Crippen LogP contribution in [0.25, 0.3) is 11.5 Å². The molecule has 10 heteroatoms. The molecule has 32 heavy (non-hydrogen) atoms. The smallest absolute Gasteiger partial charge is 0.273 e. The summed E-state index contributed by atoms with van der Waals surface area (Å²) in [6, 6.07) is 9.97. The lowest BCUT2D eigenvalue weighted by Gasteiger charge is -2.31. The number of piperidine rings is 1. The van der Waals surface area contributed by atoms with Crippen LogP contribution in [0.2, 0.25) is 0 Å². The summed E-state index contributed by atoms with van der Waals surface area (Å²) in [5, 5.41) is 19.6. The maximum Gasteiger partial charge on any atom is 0.273 e. The molecule has 3 heterocycles. The predicted octanol–water partition coefficient (Wildman–Crippen LogP) is 3.70. The van der Waals surface area contributed by atoms with Crippen LogP contribution in [0.4, 0.5) is 5.69 Å². The number of benzene rings is 2. The summed E-state index contributed by atoms with van der Waals surface area (Å²) in [7, 11) is 0. The summed E-state index contributed by atoms with van der Waals surface area (Å²) in [5.41, 5.74) is 1.48. The average molecular weight is 436 g/mol. The molecule has 0 aliphatic carbocycles. The highest BCUT2D eigenvalue weighted by molar-refractivity contribution is 5.95. The fourth-order valence-electron chi connectivity index (χ4n) is 4.03. The number of ether oxygens (including phenoxy) is 2. The van der Waals surface area contributed by atoms with Crippen LogP contribution in [-0.2, 0) is 0 Å². The lowest BCUT2D eigenvalue weighted by atomic mass is 9.97. The van der Waals surface area contributed by atoms with Crippen LogP contribution < -0.4 is 9.47 Å². The molecule has 1 unspecified atom stereocenters. The molecule has 10 nitrogen and oxygen atoms in total. The highest BCUT2D eigenvalue weighted by Gasteiger charge is 2.30. The summed E-state index contributed by atoms with van der Waals surface area (Å²) >= 11 is 0. The number of carbonyl (C=O) groups excluding carboxylic acids is 1.